The van der Waals surface area contributed by atoms with Crippen LogP contribution in [0.3, 0.4) is 0 Å². The summed E-state index contributed by atoms with van der Waals surface area (Å²) in [7, 11) is 0. The van der Waals surface area contributed by atoms with Gasteiger partial charge in [-0.15, -0.1) is 0 Å². The maximum atomic E-state index is 5.81. The number of nitrogens with zero attached hydrogens (tertiary/aromatic N) is 7. The summed E-state index contributed by atoms with van der Waals surface area (Å²) < 4.78 is 8.06. The lowest BCUT2D eigenvalue weighted by Crippen LogP contribution is -2.08. The maximum absolute atomic E-state index is 5.81. The fraction of sp³-hybridized carbons (Fsp3) is 0.200. The molecule has 8 nitrogen and oxygen atoms in total. The van der Waals surface area contributed by atoms with Gasteiger partial charge in [0.25, 0.3) is 0 Å². The number of ether oxygens (including phenoxy) is 1. The molecule has 0 N–H and O–H groups in total. The van der Waals surface area contributed by atoms with Crippen molar-refractivity contribution >= 4 is 22.1 Å². The largest absolute Gasteiger partial charge is 0.379 e. The van der Waals surface area contributed by atoms with Crippen molar-refractivity contribution in [1.29, 1.82) is 0 Å². The van der Waals surface area contributed by atoms with E-state index >= 15 is 0 Å². The van der Waals surface area contributed by atoms with Gasteiger partial charge in [0.15, 0.2) is 0 Å². The van der Waals surface area contributed by atoms with Crippen LogP contribution in [0, 0.1) is 0 Å². The lowest BCUT2D eigenvalue weighted by Gasteiger charge is -2.12. The first kappa shape index (κ1) is 23.8. The van der Waals surface area contributed by atoms with Crippen LogP contribution in [0.15, 0.2) is 85.7 Å². The van der Waals surface area contributed by atoms with Gasteiger partial charge in [-0.2, -0.15) is 0 Å². The highest BCUT2D eigenvalue weighted by atomic mass is 16.5. The number of aromatic nitrogens is 7. The molecule has 0 fully saturated rings. The summed E-state index contributed by atoms with van der Waals surface area (Å²) in [5, 5.41) is 0. The summed E-state index contributed by atoms with van der Waals surface area (Å²) in [5.41, 5.74) is 8.01. The Balaban J connectivity index is 1.54. The molecule has 0 aliphatic carbocycles. The third-order valence-corrected chi connectivity index (χ3v) is 6.36. The van der Waals surface area contributed by atoms with Crippen LogP contribution in [0.4, 0.5) is 0 Å². The number of rotatable bonds is 8. The summed E-state index contributed by atoms with van der Waals surface area (Å²) >= 11 is 0. The summed E-state index contributed by atoms with van der Waals surface area (Å²) in [6, 6.07) is 15.9. The molecule has 0 aliphatic rings. The number of hydrogen-bond donors (Lipinski definition) is 0. The van der Waals surface area contributed by atoms with E-state index in [0.29, 0.717) is 6.61 Å². The van der Waals surface area contributed by atoms with Crippen LogP contribution in [0.1, 0.15) is 20.3 Å². The predicted octanol–water partition coefficient (Wildman–Crippen LogP) is 5.98. The molecule has 0 saturated carbocycles. The van der Waals surface area contributed by atoms with Crippen LogP contribution >= 0.6 is 0 Å². The molecule has 8 heteroatoms. The van der Waals surface area contributed by atoms with Crippen molar-refractivity contribution in [2.45, 2.75) is 32.9 Å². The normalized spacial score (nSPS) is 11.6. The average Bonchev–Trinajstić information content (AvgIpc) is 3.31. The molecule has 0 amide bonds. The molecule has 0 spiro atoms. The van der Waals surface area contributed by atoms with Crippen molar-refractivity contribution in [2.24, 2.45) is 0 Å². The van der Waals surface area contributed by atoms with Gasteiger partial charge in [-0.3, -0.25) is 15.0 Å². The minimum Gasteiger partial charge on any atom is -0.379 e. The number of aryl methyl sites for hydroxylation is 1. The molecule has 0 saturated heterocycles. The van der Waals surface area contributed by atoms with E-state index in [1.807, 2.05) is 42.5 Å². The highest BCUT2D eigenvalue weighted by Crippen LogP contribution is 2.33. The van der Waals surface area contributed by atoms with Crippen LogP contribution in [0.25, 0.3) is 56.0 Å². The van der Waals surface area contributed by atoms with Crippen molar-refractivity contribution in [2.75, 3.05) is 6.61 Å². The highest BCUT2D eigenvalue weighted by Gasteiger charge is 2.18. The van der Waals surface area contributed by atoms with Gasteiger partial charge in [0.1, 0.15) is 5.82 Å². The minimum atomic E-state index is 0.203. The average molecular weight is 502 g/mol. The van der Waals surface area contributed by atoms with Gasteiger partial charge in [-0.1, -0.05) is 0 Å². The van der Waals surface area contributed by atoms with Gasteiger partial charge < -0.3 is 9.30 Å². The van der Waals surface area contributed by atoms with Crippen molar-refractivity contribution in [3.63, 3.8) is 0 Å². The lowest BCUT2D eigenvalue weighted by molar-refractivity contribution is 0.0751. The number of hydrogen-bond acceptors (Lipinski definition) is 7. The van der Waals surface area contributed by atoms with E-state index in [1.54, 1.807) is 37.2 Å². The van der Waals surface area contributed by atoms with Gasteiger partial charge in [0.05, 0.1) is 39.6 Å². The molecule has 0 radical (unpaired) electrons. The monoisotopic (exact) mass is 501 g/mol. The van der Waals surface area contributed by atoms with Crippen LogP contribution in [0.5, 0.6) is 0 Å². The highest BCUT2D eigenvalue weighted by molar-refractivity contribution is 5.95. The predicted molar refractivity (Wildman–Crippen MR) is 148 cm³/mol. The molecular formula is C30H27N7O. The van der Waals surface area contributed by atoms with Gasteiger partial charge >= 0.3 is 0 Å². The molecule has 5 aromatic heterocycles. The summed E-state index contributed by atoms with van der Waals surface area (Å²) in [4.78, 5) is 27.8. The first-order chi connectivity index (χ1) is 18.7. The fourth-order valence-electron chi connectivity index (χ4n) is 4.59. The Morgan fingerprint density at radius 2 is 1.18 bits per heavy atom. The van der Waals surface area contributed by atoms with Crippen LogP contribution in [0.2, 0.25) is 0 Å². The first-order valence-corrected chi connectivity index (χ1v) is 12.7. The topological polar surface area (TPSA) is 91.5 Å². The quantitative estimate of drug-likeness (QED) is 0.237. The van der Waals surface area contributed by atoms with E-state index in [4.69, 9.17) is 19.7 Å². The standard InChI is InChI=1S/C30H27N7O/c1-20(2)38-17-3-16-37-27-19-25-24(18-26(27)36-30(37)23-8-14-33-15-9-23)34-28(21-4-10-31-11-5-21)29(35-25)22-6-12-32-13-7-22/h4-15,18-20H,3,16-17H2,1-2H3. The lowest BCUT2D eigenvalue weighted by atomic mass is 10.1. The van der Waals surface area contributed by atoms with E-state index in [1.165, 1.54) is 0 Å². The van der Waals surface area contributed by atoms with E-state index in [9.17, 15) is 0 Å². The van der Waals surface area contributed by atoms with Crippen molar-refractivity contribution < 1.29 is 4.74 Å². The molecule has 188 valence electrons. The maximum Gasteiger partial charge on any atom is 0.141 e. The molecular weight excluding hydrogens is 474 g/mol. The molecule has 0 aliphatic heterocycles. The zero-order valence-electron chi connectivity index (χ0n) is 21.3. The molecule has 6 rings (SSSR count). The Bertz CT molecular complexity index is 1680. The zero-order valence-corrected chi connectivity index (χ0v) is 21.3. The van der Waals surface area contributed by atoms with Gasteiger partial charge in [-0.05, 0) is 68.8 Å². The fourth-order valence-corrected chi connectivity index (χ4v) is 4.59. The molecule has 0 atom stereocenters. The Morgan fingerprint density at radius 3 is 1.74 bits per heavy atom. The van der Waals surface area contributed by atoms with E-state index < -0.39 is 0 Å². The number of benzene rings is 1. The molecule has 38 heavy (non-hydrogen) atoms. The third-order valence-electron chi connectivity index (χ3n) is 6.36. The van der Waals surface area contributed by atoms with E-state index in [2.05, 4.69) is 39.4 Å². The second kappa shape index (κ2) is 10.4. The first-order valence-electron chi connectivity index (χ1n) is 12.7. The minimum absolute atomic E-state index is 0.203. The molecule has 1 aromatic carbocycles. The van der Waals surface area contributed by atoms with E-state index in [0.717, 1.165) is 68.9 Å². The molecule has 6 aromatic rings. The zero-order chi connectivity index (χ0) is 25.9. The Kier molecular flexibility index (Phi) is 6.54. The van der Waals surface area contributed by atoms with Crippen molar-refractivity contribution in [3.05, 3.63) is 85.7 Å². The van der Waals surface area contributed by atoms with Gasteiger partial charge in [-0.25, -0.2) is 15.0 Å². The Labute approximate surface area is 220 Å². The Morgan fingerprint density at radius 1 is 0.658 bits per heavy atom. The summed E-state index contributed by atoms with van der Waals surface area (Å²) in [5.74, 6) is 0.894. The van der Waals surface area contributed by atoms with Gasteiger partial charge in [0.2, 0.25) is 0 Å². The second-order valence-electron chi connectivity index (χ2n) is 9.32. The van der Waals surface area contributed by atoms with Crippen LogP contribution in [-0.4, -0.2) is 47.2 Å². The smallest absolute Gasteiger partial charge is 0.141 e. The summed E-state index contributed by atoms with van der Waals surface area (Å²) in [6.07, 6.45) is 11.7. The van der Waals surface area contributed by atoms with Crippen LogP contribution in [-0.2, 0) is 11.3 Å². The van der Waals surface area contributed by atoms with Crippen molar-refractivity contribution in [1.82, 2.24) is 34.5 Å². The number of pyridine rings is 3. The third kappa shape index (κ3) is 4.73. The molecule has 5 heterocycles. The van der Waals surface area contributed by atoms with Gasteiger partial charge in [0, 0.05) is 67.0 Å². The molecule has 0 bridgehead atoms. The summed E-state index contributed by atoms with van der Waals surface area (Å²) in [6.45, 7) is 5.56. The SMILES string of the molecule is CC(C)OCCCn1c(-c2ccncc2)nc2cc3nc(-c4ccncc4)c(-c4ccncc4)nc3cc21. The van der Waals surface area contributed by atoms with Crippen molar-refractivity contribution in [3.8, 4) is 33.9 Å². The van der Waals surface area contributed by atoms with E-state index in [-0.39, 0.29) is 6.10 Å². The van der Waals surface area contributed by atoms with Crippen LogP contribution < -0.4 is 0 Å². The number of fused-ring (bicyclic) bond motifs is 2. The molecule has 0 unspecified atom stereocenters. The number of imidazole rings is 1. The second-order valence-corrected chi connectivity index (χ2v) is 9.32. The Hall–Kier alpha value is -4.56.